The van der Waals surface area contributed by atoms with Gasteiger partial charge in [0.1, 0.15) is 5.82 Å². The van der Waals surface area contributed by atoms with Crippen LogP contribution in [0.4, 0.5) is 11.5 Å². The van der Waals surface area contributed by atoms with Gasteiger partial charge in [-0.25, -0.2) is 9.97 Å². The molecule has 1 N–H and O–H groups in total. The van der Waals surface area contributed by atoms with Gasteiger partial charge < -0.3 is 5.32 Å². The number of thioether (sulfide) groups is 1. The van der Waals surface area contributed by atoms with Crippen molar-refractivity contribution in [2.75, 3.05) is 5.32 Å². The van der Waals surface area contributed by atoms with Crippen LogP contribution < -0.4 is 5.32 Å². The van der Waals surface area contributed by atoms with E-state index in [9.17, 15) is 0 Å². The van der Waals surface area contributed by atoms with Gasteiger partial charge in [-0.05, 0) is 56.4 Å². The van der Waals surface area contributed by atoms with Gasteiger partial charge in [-0.15, -0.1) is 23.1 Å². The smallest absolute Gasteiger partial charge is 0.130 e. The summed E-state index contributed by atoms with van der Waals surface area (Å²) in [5.74, 6) is 1.57. The lowest BCUT2D eigenvalue weighted by Gasteiger charge is -2.18. The number of nitrogens with one attached hydrogen (secondary N) is 1. The SMILES string of the molecule is Cc1ccc(Nc2ccc(-c3cnc(C4CCCCC4)s3)c(SC3CC3)c2)nc1. The summed E-state index contributed by atoms with van der Waals surface area (Å²) in [6.45, 7) is 2.06. The standard InChI is InChI=1S/C24H27N3S2/c1-16-7-12-23(25-14-16)27-18-8-11-20(21(13-18)28-19-9-10-19)22-15-26-24(29-22)17-5-3-2-4-6-17/h7-8,11-15,17,19H,2-6,9-10H2,1H3,(H,25,27). The third-order valence-corrected chi connectivity index (χ3v) is 8.32. The van der Waals surface area contributed by atoms with Crippen LogP contribution in [0.15, 0.2) is 47.6 Å². The van der Waals surface area contributed by atoms with Gasteiger partial charge in [0.2, 0.25) is 0 Å². The molecule has 2 saturated carbocycles. The molecule has 1 aromatic carbocycles. The molecule has 0 unspecified atom stereocenters. The van der Waals surface area contributed by atoms with E-state index in [-0.39, 0.29) is 0 Å². The van der Waals surface area contributed by atoms with Crippen molar-refractivity contribution in [1.82, 2.24) is 9.97 Å². The fraction of sp³-hybridized carbons (Fsp3) is 0.417. The highest BCUT2D eigenvalue weighted by Gasteiger charge is 2.25. The van der Waals surface area contributed by atoms with Gasteiger partial charge in [-0.1, -0.05) is 31.4 Å². The van der Waals surface area contributed by atoms with Crippen LogP contribution in [-0.2, 0) is 0 Å². The van der Waals surface area contributed by atoms with Crippen molar-refractivity contribution in [1.29, 1.82) is 0 Å². The first-order valence-electron chi connectivity index (χ1n) is 10.7. The summed E-state index contributed by atoms with van der Waals surface area (Å²) in [6.07, 6.45) is 13.4. The van der Waals surface area contributed by atoms with Gasteiger partial charge >= 0.3 is 0 Å². The number of aromatic nitrogens is 2. The number of thiazole rings is 1. The Morgan fingerprint density at radius 2 is 1.83 bits per heavy atom. The summed E-state index contributed by atoms with van der Waals surface area (Å²) in [5.41, 5.74) is 3.61. The zero-order valence-corrected chi connectivity index (χ0v) is 18.5. The Labute approximate surface area is 181 Å². The first kappa shape index (κ1) is 19.1. The van der Waals surface area contributed by atoms with E-state index in [4.69, 9.17) is 4.98 Å². The Morgan fingerprint density at radius 3 is 2.59 bits per heavy atom. The van der Waals surface area contributed by atoms with E-state index in [0.717, 1.165) is 16.8 Å². The predicted molar refractivity (Wildman–Crippen MR) is 125 cm³/mol. The van der Waals surface area contributed by atoms with Gasteiger partial charge in [0.05, 0.1) is 9.88 Å². The predicted octanol–water partition coefficient (Wildman–Crippen LogP) is 7.56. The lowest BCUT2D eigenvalue weighted by Crippen LogP contribution is -2.03. The van der Waals surface area contributed by atoms with E-state index in [2.05, 4.69) is 47.7 Å². The molecule has 3 aromatic rings. The number of hydrogen-bond acceptors (Lipinski definition) is 5. The van der Waals surface area contributed by atoms with E-state index >= 15 is 0 Å². The summed E-state index contributed by atoms with van der Waals surface area (Å²) in [5, 5.41) is 5.58. The zero-order valence-electron chi connectivity index (χ0n) is 16.9. The average Bonchev–Trinajstić information content (AvgIpc) is 3.43. The third-order valence-electron chi connectivity index (χ3n) is 5.73. The summed E-state index contributed by atoms with van der Waals surface area (Å²) in [4.78, 5) is 12.0. The highest BCUT2D eigenvalue weighted by molar-refractivity contribution is 8.00. The molecule has 2 aromatic heterocycles. The van der Waals surface area contributed by atoms with E-state index < -0.39 is 0 Å². The van der Waals surface area contributed by atoms with E-state index in [0.29, 0.717) is 5.92 Å². The highest BCUT2D eigenvalue weighted by Crippen LogP contribution is 2.46. The van der Waals surface area contributed by atoms with Crippen LogP contribution in [0.5, 0.6) is 0 Å². The maximum atomic E-state index is 4.83. The zero-order chi connectivity index (χ0) is 19.6. The number of aryl methyl sites for hydroxylation is 1. The molecule has 2 aliphatic carbocycles. The molecule has 29 heavy (non-hydrogen) atoms. The molecule has 3 nitrogen and oxygen atoms in total. The van der Waals surface area contributed by atoms with Crippen LogP contribution in [0, 0.1) is 6.92 Å². The Balaban J connectivity index is 1.41. The summed E-state index contributed by atoms with van der Waals surface area (Å²) in [6, 6.07) is 10.9. The van der Waals surface area contributed by atoms with Crippen molar-refractivity contribution < 1.29 is 0 Å². The van der Waals surface area contributed by atoms with E-state index in [1.54, 1.807) is 0 Å². The molecule has 2 aliphatic rings. The molecular weight excluding hydrogens is 394 g/mol. The monoisotopic (exact) mass is 421 g/mol. The van der Waals surface area contributed by atoms with Crippen molar-refractivity contribution in [2.45, 2.75) is 67.9 Å². The van der Waals surface area contributed by atoms with Gasteiger partial charge in [-0.3, -0.25) is 0 Å². The number of anilines is 2. The minimum atomic E-state index is 0.676. The number of benzene rings is 1. The number of pyridine rings is 1. The first-order chi connectivity index (χ1) is 14.2. The van der Waals surface area contributed by atoms with Crippen LogP contribution in [0.3, 0.4) is 0 Å². The quantitative estimate of drug-likeness (QED) is 0.445. The first-order valence-corrected chi connectivity index (χ1v) is 12.4. The Morgan fingerprint density at radius 1 is 0.966 bits per heavy atom. The van der Waals surface area contributed by atoms with Gasteiger partial charge in [0.15, 0.2) is 0 Å². The van der Waals surface area contributed by atoms with Gasteiger partial charge in [0, 0.05) is 39.7 Å². The average molecular weight is 422 g/mol. The van der Waals surface area contributed by atoms with Gasteiger partial charge in [-0.2, -0.15) is 0 Å². The molecule has 0 bridgehead atoms. The molecule has 2 heterocycles. The second-order valence-electron chi connectivity index (χ2n) is 8.27. The summed E-state index contributed by atoms with van der Waals surface area (Å²) >= 11 is 3.93. The molecule has 0 aliphatic heterocycles. The van der Waals surface area contributed by atoms with Gasteiger partial charge in [0.25, 0.3) is 0 Å². The van der Waals surface area contributed by atoms with Crippen LogP contribution in [0.2, 0.25) is 0 Å². The second-order valence-corrected chi connectivity index (χ2v) is 10.7. The minimum Gasteiger partial charge on any atom is -0.340 e. The fourth-order valence-electron chi connectivity index (χ4n) is 3.91. The molecule has 0 amide bonds. The number of hydrogen-bond donors (Lipinski definition) is 1. The second kappa shape index (κ2) is 8.49. The molecule has 2 fully saturated rings. The molecule has 5 rings (SSSR count). The Bertz CT molecular complexity index is 970. The van der Waals surface area contributed by atoms with Crippen molar-refractivity contribution in [3.8, 4) is 10.4 Å². The molecule has 150 valence electrons. The number of nitrogens with zero attached hydrogens (tertiary/aromatic N) is 2. The molecular formula is C24H27N3S2. The maximum absolute atomic E-state index is 4.83. The Kier molecular flexibility index (Phi) is 5.60. The lowest BCUT2D eigenvalue weighted by atomic mass is 9.90. The molecule has 0 saturated heterocycles. The van der Waals surface area contributed by atoms with Crippen LogP contribution in [-0.4, -0.2) is 15.2 Å². The highest BCUT2D eigenvalue weighted by atomic mass is 32.2. The Hall–Kier alpha value is -1.85. The summed E-state index contributed by atoms with van der Waals surface area (Å²) in [7, 11) is 0. The van der Waals surface area contributed by atoms with Crippen molar-refractivity contribution >= 4 is 34.6 Å². The van der Waals surface area contributed by atoms with Crippen molar-refractivity contribution in [2.24, 2.45) is 0 Å². The van der Waals surface area contributed by atoms with E-state index in [1.165, 1.54) is 70.9 Å². The third kappa shape index (κ3) is 4.67. The van der Waals surface area contributed by atoms with Crippen LogP contribution in [0.25, 0.3) is 10.4 Å². The fourth-order valence-corrected chi connectivity index (χ4v) is 6.33. The maximum Gasteiger partial charge on any atom is 0.130 e. The largest absolute Gasteiger partial charge is 0.340 e. The number of rotatable bonds is 6. The minimum absolute atomic E-state index is 0.676. The van der Waals surface area contributed by atoms with Crippen molar-refractivity contribution in [3.63, 3.8) is 0 Å². The topological polar surface area (TPSA) is 37.8 Å². The normalized spacial score (nSPS) is 17.4. The van der Waals surface area contributed by atoms with Crippen LogP contribution in [0.1, 0.15) is 61.4 Å². The molecule has 0 radical (unpaired) electrons. The molecule has 0 spiro atoms. The van der Waals surface area contributed by atoms with E-state index in [1.807, 2.05) is 35.4 Å². The lowest BCUT2D eigenvalue weighted by molar-refractivity contribution is 0.442. The van der Waals surface area contributed by atoms with Crippen LogP contribution >= 0.6 is 23.1 Å². The molecule has 0 atom stereocenters. The van der Waals surface area contributed by atoms with Crippen molar-refractivity contribution in [3.05, 3.63) is 53.3 Å². The molecule has 5 heteroatoms. The summed E-state index contributed by atoms with van der Waals surface area (Å²) < 4.78 is 0.